The Kier molecular flexibility index (Phi) is 1.28. The molecule has 0 aromatic carbocycles. The minimum absolute atomic E-state index is 0.522. The highest BCUT2D eigenvalue weighted by Crippen LogP contribution is 2.66. The number of allylic oxidation sites excluding steroid dienone is 2. The van der Waals surface area contributed by atoms with Crippen LogP contribution in [0.15, 0.2) is 12.2 Å². The molecule has 0 saturated heterocycles. The van der Waals surface area contributed by atoms with Crippen molar-refractivity contribution in [3.63, 3.8) is 0 Å². The van der Waals surface area contributed by atoms with Crippen molar-refractivity contribution in [2.24, 2.45) is 47.2 Å². The molecule has 3 saturated carbocycles. The Morgan fingerprint density at radius 2 is 1.64 bits per heavy atom. The second-order valence-corrected chi connectivity index (χ2v) is 6.10. The molecule has 0 amide bonds. The van der Waals surface area contributed by atoms with Crippen LogP contribution in [0.1, 0.15) is 19.8 Å². The third-order valence-corrected chi connectivity index (χ3v) is 5.89. The molecule has 3 fully saturated rings. The molecule has 0 radical (unpaired) electrons. The Balaban J connectivity index is 1.78. The van der Waals surface area contributed by atoms with Gasteiger partial charge in [0.25, 0.3) is 0 Å². The van der Waals surface area contributed by atoms with E-state index in [2.05, 4.69) is 19.1 Å². The molecule has 1 heteroatoms. The number of hydrogen-bond donors (Lipinski definition) is 1. The Bertz CT molecular complexity index is 280. The van der Waals surface area contributed by atoms with E-state index in [-0.39, 0.29) is 0 Å². The van der Waals surface area contributed by atoms with Crippen LogP contribution in [0.3, 0.4) is 0 Å². The minimum Gasteiger partial charge on any atom is -0.327 e. The number of fused-ring (bicyclic) bond motifs is 9. The standard InChI is InChI=1S/C13H19N/c1-6-9-5-10(13(6)14)12-8-3-2-7(4-8)11(9)12/h2-3,6-13H,4-5,14H2,1H3. The minimum atomic E-state index is 0.522. The van der Waals surface area contributed by atoms with Crippen LogP contribution in [0.4, 0.5) is 0 Å². The summed E-state index contributed by atoms with van der Waals surface area (Å²) in [5, 5.41) is 0. The zero-order valence-electron chi connectivity index (χ0n) is 8.77. The van der Waals surface area contributed by atoms with Crippen molar-refractivity contribution in [2.75, 3.05) is 0 Å². The molecule has 4 rings (SSSR count). The third-order valence-electron chi connectivity index (χ3n) is 5.89. The van der Waals surface area contributed by atoms with E-state index in [4.69, 9.17) is 5.73 Å². The number of hydrogen-bond acceptors (Lipinski definition) is 1. The van der Waals surface area contributed by atoms with E-state index in [1.807, 2.05) is 0 Å². The van der Waals surface area contributed by atoms with Gasteiger partial charge in [-0.25, -0.2) is 0 Å². The SMILES string of the molecule is CC1C(N)C2CC1C1C3C=CC(C3)C21. The Morgan fingerprint density at radius 1 is 1.00 bits per heavy atom. The molecule has 0 aliphatic heterocycles. The summed E-state index contributed by atoms with van der Waals surface area (Å²) in [6.07, 6.45) is 7.91. The van der Waals surface area contributed by atoms with E-state index in [0.717, 1.165) is 41.4 Å². The summed E-state index contributed by atoms with van der Waals surface area (Å²) in [5.74, 6) is 6.52. The zero-order valence-corrected chi connectivity index (χ0v) is 8.77. The van der Waals surface area contributed by atoms with Crippen molar-refractivity contribution in [3.05, 3.63) is 12.2 Å². The van der Waals surface area contributed by atoms with Crippen molar-refractivity contribution in [1.82, 2.24) is 0 Å². The molecule has 0 aromatic rings. The quantitative estimate of drug-likeness (QED) is 0.458. The molecule has 4 bridgehead atoms. The molecule has 1 nitrogen and oxygen atoms in total. The van der Waals surface area contributed by atoms with E-state index in [1.165, 1.54) is 12.8 Å². The van der Waals surface area contributed by atoms with Gasteiger partial charge in [0.15, 0.2) is 0 Å². The topological polar surface area (TPSA) is 26.0 Å². The Morgan fingerprint density at radius 3 is 2.36 bits per heavy atom. The van der Waals surface area contributed by atoms with Crippen LogP contribution in [0, 0.1) is 41.4 Å². The summed E-state index contributed by atoms with van der Waals surface area (Å²) in [7, 11) is 0. The largest absolute Gasteiger partial charge is 0.327 e. The van der Waals surface area contributed by atoms with Gasteiger partial charge < -0.3 is 5.73 Å². The molecule has 0 spiro atoms. The molecule has 14 heavy (non-hydrogen) atoms. The first-order valence-corrected chi connectivity index (χ1v) is 6.21. The lowest BCUT2D eigenvalue weighted by molar-refractivity contribution is 0.138. The fourth-order valence-corrected chi connectivity index (χ4v) is 5.39. The molecule has 8 unspecified atom stereocenters. The monoisotopic (exact) mass is 189 g/mol. The lowest BCUT2D eigenvalue weighted by Crippen LogP contribution is -2.43. The van der Waals surface area contributed by atoms with Gasteiger partial charge in [-0.2, -0.15) is 0 Å². The Hall–Kier alpha value is -0.300. The van der Waals surface area contributed by atoms with Crippen molar-refractivity contribution >= 4 is 0 Å². The molecule has 2 N–H and O–H groups in total. The van der Waals surface area contributed by atoms with Gasteiger partial charge >= 0.3 is 0 Å². The van der Waals surface area contributed by atoms with Crippen molar-refractivity contribution in [2.45, 2.75) is 25.8 Å². The number of nitrogens with two attached hydrogens (primary N) is 1. The van der Waals surface area contributed by atoms with Crippen LogP contribution in [0.25, 0.3) is 0 Å². The molecule has 4 aliphatic carbocycles. The van der Waals surface area contributed by atoms with Gasteiger partial charge in [-0.15, -0.1) is 0 Å². The lowest BCUT2D eigenvalue weighted by Gasteiger charge is -2.39. The first kappa shape index (κ1) is 7.92. The highest BCUT2D eigenvalue weighted by molar-refractivity contribution is 5.22. The molecular formula is C13H19N. The van der Waals surface area contributed by atoms with Gasteiger partial charge in [0, 0.05) is 6.04 Å². The summed E-state index contributed by atoms with van der Waals surface area (Å²) in [4.78, 5) is 0. The maximum Gasteiger partial charge on any atom is 0.00988 e. The van der Waals surface area contributed by atoms with E-state index in [1.54, 1.807) is 0 Å². The third kappa shape index (κ3) is 0.670. The van der Waals surface area contributed by atoms with Gasteiger partial charge in [0.05, 0.1) is 0 Å². The summed E-state index contributed by atoms with van der Waals surface area (Å²) >= 11 is 0. The van der Waals surface area contributed by atoms with Crippen LogP contribution < -0.4 is 5.73 Å². The fraction of sp³-hybridized carbons (Fsp3) is 0.846. The molecule has 4 aliphatic rings. The van der Waals surface area contributed by atoms with Crippen molar-refractivity contribution in [3.8, 4) is 0 Å². The van der Waals surface area contributed by atoms with Gasteiger partial charge in [-0.1, -0.05) is 19.1 Å². The average molecular weight is 189 g/mol. The van der Waals surface area contributed by atoms with E-state index < -0.39 is 0 Å². The summed E-state index contributed by atoms with van der Waals surface area (Å²) in [6.45, 7) is 2.39. The van der Waals surface area contributed by atoms with Gasteiger partial charge in [-0.3, -0.25) is 0 Å². The van der Waals surface area contributed by atoms with Crippen LogP contribution in [-0.2, 0) is 0 Å². The van der Waals surface area contributed by atoms with Crippen LogP contribution in [0.5, 0.6) is 0 Å². The van der Waals surface area contributed by atoms with E-state index >= 15 is 0 Å². The second-order valence-electron chi connectivity index (χ2n) is 6.10. The first-order valence-electron chi connectivity index (χ1n) is 6.21. The predicted molar refractivity (Wildman–Crippen MR) is 56.5 cm³/mol. The van der Waals surface area contributed by atoms with E-state index in [9.17, 15) is 0 Å². The normalized spacial score (nSPS) is 67.9. The Labute approximate surface area is 85.7 Å². The molecule has 0 aromatic heterocycles. The highest BCUT2D eigenvalue weighted by Gasteiger charge is 2.62. The highest BCUT2D eigenvalue weighted by atomic mass is 14.8. The van der Waals surface area contributed by atoms with Crippen molar-refractivity contribution < 1.29 is 0 Å². The maximum absolute atomic E-state index is 6.33. The summed E-state index contributed by atoms with van der Waals surface area (Å²) in [6, 6.07) is 0.522. The number of rotatable bonds is 0. The van der Waals surface area contributed by atoms with Gasteiger partial charge in [-0.05, 0) is 54.3 Å². The summed E-state index contributed by atoms with van der Waals surface area (Å²) < 4.78 is 0. The van der Waals surface area contributed by atoms with Crippen LogP contribution in [0.2, 0.25) is 0 Å². The maximum atomic E-state index is 6.33. The predicted octanol–water partition coefficient (Wildman–Crippen LogP) is 2.04. The lowest BCUT2D eigenvalue weighted by atomic mass is 9.68. The average Bonchev–Trinajstić information content (AvgIpc) is 2.87. The molecule has 8 atom stereocenters. The smallest absolute Gasteiger partial charge is 0.00988 e. The second kappa shape index (κ2) is 2.27. The van der Waals surface area contributed by atoms with E-state index in [0.29, 0.717) is 6.04 Å². The molecule has 0 heterocycles. The van der Waals surface area contributed by atoms with Crippen LogP contribution in [-0.4, -0.2) is 6.04 Å². The fourth-order valence-electron chi connectivity index (χ4n) is 5.39. The zero-order chi connectivity index (χ0) is 9.45. The van der Waals surface area contributed by atoms with Crippen molar-refractivity contribution in [1.29, 1.82) is 0 Å². The van der Waals surface area contributed by atoms with Crippen LogP contribution >= 0.6 is 0 Å². The molecular weight excluding hydrogens is 170 g/mol. The van der Waals surface area contributed by atoms with Gasteiger partial charge in [0.1, 0.15) is 0 Å². The summed E-state index contributed by atoms with van der Waals surface area (Å²) in [5.41, 5.74) is 6.33. The molecule has 76 valence electrons. The first-order chi connectivity index (χ1) is 6.77. The van der Waals surface area contributed by atoms with Gasteiger partial charge in [0.2, 0.25) is 0 Å².